The molecule has 3 aromatic rings. The van der Waals surface area contributed by atoms with Crippen LogP contribution in [0.25, 0.3) is 11.8 Å². The number of nitrogens with one attached hydrogen (secondary N) is 1. The molecule has 1 heterocycles. The van der Waals surface area contributed by atoms with E-state index in [1.54, 1.807) is 6.08 Å². The Morgan fingerprint density at radius 2 is 1.92 bits per heavy atom. The Bertz CT molecular complexity index is 908. The standard InChI is InChI=1S/C17H13F2N5O/c18-14-8-7-13(10-15(14)19)24-16(21-22-23-24)11-20-17(25)9-6-12-4-2-1-3-5-12/h1-10H,11H2,(H,20,25). The van der Waals surface area contributed by atoms with E-state index in [1.807, 2.05) is 30.3 Å². The van der Waals surface area contributed by atoms with E-state index in [1.165, 1.54) is 16.8 Å². The van der Waals surface area contributed by atoms with Gasteiger partial charge in [0.1, 0.15) is 0 Å². The highest BCUT2D eigenvalue weighted by atomic mass is 19.2. The second-order valence-electron chi connectivity index (χ2n) is 5.07. The van der Waals surface area contributed by atoms with E-state index in [4.69, 9.17) is 0 Å². The van der Waals surface area contributed by atoms with Crippen LogP contribution in [0.3, 0.4) is 0 Å². The summed E-state index contributed by atoms with van der Waals surface area (Å²) in [6, 6.07) is 12.7. The van der Waals surface area contributed by atoms with Crippen molar-refractivity contribution < 1.29 is 13.6 Å². The second kappa shape index (κ2) is 7.43. The average molecular weight is 341 g/mol. The van der Waals surface area contributed by atoms with E-state index < -0.39 is 11.6 Å². The third-order valence-electron chi connectivity index (χ3n) is 3.33. The Labute approximate surface area is 141 Å². The van der Waals surface area contributed by atoms with E-state index in [-0.39, 0.29) is 24.0 Å². The number of carbonyl (C=O) groups excluding carboxylic acids is 1. The van der Waals surface area contributed by atoms with Crippen molar-refractivity contribution in [3.8, 4) is 5.69 Å². The molecule has 126 valence electrons. The lowest BCUT2D eigenvalue weighted by atomic mass is 10.2. The van der Waals surface area contributed by atoms with Gasteiger partial charge in [0.25, 0.3) is 0 Å². The highest BCUT2D eigenvalue weighted by Crippen LogP contribution is 2.13. The fourth-order valence-electron chi connectivity index (χ4n) is 2.09. The van der Waals surface area contributed by atoms with Crippen molar-refractivity contribution in [1.82, 2.24) is 25.5 Å². The molecule has 0 aliphatic rings. The molecule has 0 fully saturated rings. The van der Waals surface area contributed by atoms with Crippen LogP contribution < -0.4 is 5.32 Å². The number of tetrazole rings is 1. The maximum atomic E-state index is 13.3. The summed E-state index contributed by atoms with van der Waals surface area (Å²) in [5, 5.41) is 13.6. The predicted octanol–water partition coefficient (Wildman–Crippen LogP) is 2.27. The quantitative estimate of drug-likeness (QED) is 0.723. The lowest BCUT2D eigenvalue weighted by Crippen LogP contribution is -2.22. The monoisotopic (exact) mass is 341 g/mol. The number of aromatic nitrogens is 4. The van der Waals surface area contributed by atoms with E-state index in [0.29, 0.717) is 0 Å². The van der Waals surface area contributed by atoms with Gasteiger partial charge in [-0.1, -0.05) is 30.3 Å². The molecule has 0 bridgehead atoms. The smallest absolute Gasteiger partial charge is 0.244 e. The first kappa shape index (κ1) is 16.4. The van der Waals surface area contributed by atoms with Gasteiger partial charge in [0, 0.05) is 12.1 Å². The molecule has 0 atom stereocenters. The van der Waals surface area contributed by atoms with Gasteiger partial charge in [-0.15, -0.1) is 5.10 Å². The van der Waals surface area contributed by atoms with Gasteiger partial charge in [-0.2, -0.15) is 4.68 Å². The zero-order valence-electron chi connectivity index (χ0n) is 12.9. The summed E-state index contributed by atoms with van der Waals surface area (Å²) < 4.78 is 27.6. The Kier molecular flexibility index (Phi) is 4.89. The van der Waals surface area contributed by atoms with E-state index in [0.717, 1.165) is 17.7 Å². The van der Waals surface area contributed by atoms with Crippen molar-refractivity contribution in [3.63, 3.8) is 0 Å². The predicted molar refractivity (Wildman–Crippen MR) is 86.4 cm³/mol. The van der Waals surface area contributed by atoms with Crippen LogP contribution in [-0.2, 0) is 11.3 Å². The number of hydrogen-bond donors (Lipinski definition) is 1. The molecule has 0 saturated carbocycles. The van der Waals surface area contributed by atoms with Gasteiger partial charge in [-0.25, -0.2) is 8.78 Å². The molecule has 0 saturated heterocycles. The van der Waals surface area contributed by atoms with E-state index in [9.17, 15) is 13.6 Å². The normalized spacial score (nSPS) is 11.0. The molecular formula is C17H13F2N5O. The largest absolute Gasteiger partial charge is 0.345 e. The van der Waals surface area contributed by atoms with E-state index >= 15 is 0 Å². The van der Waals surface area contributed by atoms with Crippen molar-refractivity contribution in [2.75, 3.05) is 0 Å². The SMILES string of the molecule is O=C(C=Cc1ccccc1)NCc1nnnn1-c1ccc(F)c(F)c1. The van der Waals surface area contributed by atoms with Gasteiger partial charge in [0.2, 0.25) is 5.91 Å². The molecule has 0 radical (unpaired) electrons. The first-order valence-electron chi connectivity index (χ1n) is 7.37. The van der Waals surface area contributed by atoms with Crippen LogP contribution in [-0.4, -0.2) is 26.1 Å². The fourth-order valence-corrected chi connectivity index (χ4v) is 2.09. The molecule has 8 heteroatoms. The molecule has 1 N–H and O–H groups in total. The van der Waals surface area contributed by atoms with Crippen LogP contribution in [0.1, 0.15) is 11.4 Å². The van der Waals surface area contributed by atoms with Crippen molar-refractivity contribution in [2.24, 2.45) is 0 Å². The van der Waals surface area contributed by atoms with Gasteiger partial charge in [0.15, 0.2) is 17.5 Å². The molecule has 0 aliphatic heterocycles. The Balaban J connectivity index is 1.66. The molecule has 3 rings (SSSR count). The number of nitrogens with zero attached hydrogens (tertiary/aromatic N) is 4. The fraction of sp³-hybridized carbons (Fsp3) is 0.0588. The lowest BCUT2D eigenvalue weighted by Gasteiger charge is -2.05. The zero-order chi connectivity index (χ0) is 17.6. The Morgan fingerprint density at radius 3 is 2.68 bits per heavy atom. The third kappa shape index (κ3) is 4.11. The summed E-state index contributed by atoms with van der Waals surface area (Å²) in [6.07, 6.45) is 3.06. The Morgan fingerprint density at radius 1 is 1.12 bits per heavy atom. The minimum absolute atomic E-state index is 0.0317. The van der Waals surface area contributed by atoms with Gasteiger partial charge >= 0.3 is 0 Å². The summed E-state index contributed by atoms with van der Waals surface area (Å²) in [7, 11) is 0. The molecule has 2 aromatic carbocycles. The minimum Gasteiger partial charge on any atom is -0.345 e. The first-order valence-corrected chi connectivity index (χ1v) is 7.37. The van der Waals surface area contributed by atoms with Crippen molar-refractivity contribution in [1.29, 1.82) is 0 Å². The number of amides is 1. The van der Waals surface area contributed by atoms with Crippen LogP contribution in [0.4, 0.5) is 8.78 Å². The van der Waals surface area contributed by atoms with Gasteiger partial charge in [0.05, 0.1) is 12.2 Å². The van der Waals surface area contributed by atoms with Crippen LogP contribution in [0.15, 0.2) is 54.6 Å². The lowest BCUT2D eigenvalue weighted by molar-refractivity contribution is -0.116. The van der Waals surface area contributed by atoms with Gasteiger partial charge < -0.3 is 5.32 Å². The zero-order valence-corrected chi connectivity index (χ0v) is 12.9. The molecule has 1 aromatic heterocycles. The second-order valence-corrected chi connectivity index (χ2v) is 5.07. The number of halogens is 2. The third-order valence-corrected chi connectivity index (χ3v) is 3.33. The van der Waals surface area contributed by atoms with Gasteiger partial charge in [-0.3, -0.25) is 4.79 Å². The maximum Gasteiger partial charge on any atom is 0.244 e. The van der Waals surface area contributed by atoms with Crippen molar-refractivity contribution in [3.05, 3.63) is 77.6 Å². The van der Waals surface area contributed by atoms with E-state index in [2.05, 4.69) is 20.8 Å². The first-order chi connectivity index (χ1) is 12.1. The maximum absolute atomic E-state index is 13.3. The summed E-state index contributed by atoms with van der Waals surface area (Å²) in [4.78, 5) is 11.9. The number of hydrogen-bond acceptors (Lipinski definition) is 4. The Hall–Kier alpha value is -3.42. The van der Waals surface area contributed by atoms with Gasteiger partial charge in [-0.05, 0) is 34.2 Å². The molecule has 6 nitrogen and oxygen atoms in total. The minimum atomic E-state index is -1.01. The summed E-state index contributed by atoms with van der Waals surface area (Å²) in [5.41, 5.74) is 1.15. The van der Waals surface area contributed by atoms with Crippen LogP contribution >= 0.6 is 0 Å². The molecule has 25 heavy (non-hydrogen) atoms. The summed E-state index contributed by atoms with van der Waals surface area (Å²) in [5.74, 6) is -2.01. The van der Waals surface area contributed by atoms with Crippen LogP contribution in [0.5, 0.6) is 0 Å². The highest BCUT2D eigenvalue weighted by Gasteiger charge is 2.11. The number of carbonyl (C=O) groups is 1. The molecular weight excluding hydrogens is 328 g/mol. The average Bonchev–Trinajstić information content (AvgIpc) is 3.10. The van der Waals surface area contributed by atoms with Crippen molar-refractivity contribution in [2.45, 2.75) is 6.54 Å². The van der Waals surface area contributed by atoms with Crippen LogP contribution in [0.2, 0.25) is 0 Å². The topological polar surface area (TPSA) is 72.7 Å². The summed E-state index contributed by atoms with van der Waals surface area (Å²) in [6.45, 7) is 0.0317. The number of benzene rings is 2. The molecule has 0 aliphatic carbocycles. The van der Waals surface area contributed by atoms with Crippen LogP contribution in [0, 0.1) is 11.6 Å². The number of rotatable bonds is 5. The summed E-state index contributed by atoms with van der Waals surface area (Å²) >= 11 is 0. The highest BCUT2D eigenvalue weighted by molar-refractivity contribution is 5.91. The van der Waals surface area contributed by atoms with Crippen molar-refractivity contribution >= 4 is 12.0 Å². The molecule has 0 unspecified atom stereocenters. The molecule has 1 amide bonds. The molecule has 0 spiro atoms.